The number of carbonyl (C=O) groups is 9. The van der Waals surface area contributed by atoms with Gasteiger partial charge >= 0.3 is 0 Å². The molecule has 13 nitrogen and oxygen atoms in total. The fourth-order valence-electron chi connectivity index (χ4n) is 17.7. The maximum absolute atomic E-state index is 14.7. The van der Waals surface area contributed by atoms with E-state index in [9.17, 15) is 43.2 Å². The molecule has 10 aromatic rings. The Hall–Kier alpha value is -11.6. The van der Waals surface area contributed by atoms with Crippen molar-refractivity contribution >= 4 is 75.8 Å². The fraction of sp³-hybridized carbons (Fsp3) is 0.207. The number of rotatable bonds is 14. The third-order valence-corrected chi connectivity index (χ3v) is 22.9. The van der Waals surface area contributed by atoms with E-state index in [2.05, 4.69) is 76.2 Å². The lowest BCUT2D eigenvalue weighted by Gasteiger charge is -2.46. The minimum absolute atomic E-state index is 0.0510. The molecule has 0 aromatic heterocycles. The van der Waals surface area contributed by atoms with Gasteiger partial charge in [-0.25, -0.2) is 9.80 Å². The van der Waals surface area contributed by atoms with Crippen molar-refractivity contribution in [1.82, 2.24) is 0 Å². The highest BCUT2D eigenvalue weighted by atomic mass is 16.2. The summed E-state index contributed by atoms with van der Waals surface area (Å²) in [6.45, 7) is 8.84. The Kier molecular flexibility index (Phi) is 15.8. The second-order valence-electron chi connectivity index (χ2n) is 28.1. The van der Waals surface area contributed by atoms with Gasteiger partial charge in [-0.15, -0.1) is 0 Å². The summed E-state index contributed by atoms with van der Waals surface area (Å²) in [5.74, 6) is -5.61. The summed E-state index contributed by atoms with van der Waals surface area (Å²) in [7, 11) is 0. The lowest BCUT2D eigenvalue weighted by atomic mass is 9.55. The van der Waals surface area contributed by atoms with E-state index in [1.165, 1.54) is 46.2 Å². The third kappa shape index (κ3) is 10.4. The standard InChI is InChI=1S/C87H70N4O9/c1-49-50(2)72(58-19-11-6-12-20-58)76-75(71(49)57-17-9-5-10-18-57)84(97)90(85(76)98)65-39-29-55(30-40-65)45-53-25-35-63(36-26-53)88-80(93)67-43-33-61(47-69(67)82(88)95)79(92)62-34-44-68-70(48-62)83(96)89(81(68)94)64-37-27-54(28-38-64)46-56-31-41-66(42-32-56)91-86(99)77-73(59-21-13-7-14-22-59)51(3)52(4)74(78(77)87(91)100)60-23-15-8-16-24-60/h5-44,47-52,71-78H,45-46H2,1-4H3. The molecule has 100 heavy (non-hydrogen) atoms. The summed E-state index contributed by atoms with van der Waals surface area (Å²) in [6, 6.07) is 78.2. The van der Waals surface area contributed by atoms with Crippen molar-refractivity contribution in [3.05, 3.63) is 333 Å². The van der Waals surface area contributed by atoms with E-state index in [1.807, 2.05) is 146 Å². The van der Waals surface area contributed by atoms with E-state index in [1.54, 1.807) is 24.3 Å². The van der Waals surface area contributed by atoms with Gasteiger partial charge in [-0.2, -0.15) is 0 Å². The Balaban J connectivity index is 0.562. The van der Waals surface area contributed by atoms with Crippen molar-refractivity contribution in [2.24, 2.45) is 47.3 Å². The molecule has 4 aliphatic heterocycles. The number of benzene rings is 10. The first-order chi connectivity index (χ1) is 48.5. The quantitative estimate of drug-likeness (QED) is 0.0760. The van der Waals surface area contributed by atoms with Gasteiger partial charge < -0.3 is 0 Å². The van der Waals surface area contributed by atoms with Crippen molar-refractivity contribution in [1.29, 1.82) is 0 Å². The first-order valence-corrected chi connectivity index (χ1v) is 34.5. The molecule has 0 N–H and O–H groups in total. The van der Waals surface area contributed by atoms with Crippen LogP contribution < -0.4 is 19.6 Å². The highest BCUT2D eigenvalue weighted by Gasteiger charge is 2.62. The van der Waals surface area contributed by atoms with E-state index in [-0.39, 0.29) is 104 Å². The molecule has 0 radical (unpaired) electrons. The van der Waals surface area contributed by atoms with Crippen LogP contribution in [-0.2, 0) is 32.0 Å². The van der Waals surface area contributed by atoms with Gasteiger partial charge in [-0.3, -0.25) is 53.0 Å². The van der Waals surface area contributed by atoms with Crippen molar-refractivity contribution in [3.63, 3.8) is 0 Å². The van der Waals surface area contributed by atoms with Crippen LogP contribution in [0.4, 0.5) is 22.7 Å². The molecular formula is C87H70N4O9. The monoisotopic (exact) mass is 1310 g/mol. The number of amides is 8. The van der Waals surface area contributed by atoms with Gasteiger partial charge in [0.2, 0.25) is 23.6 Å². The summed E-state index contributed by atoms with van der Waals surface area (Å²) in [5, 5.41) is 0. The summed E-state index contributed by atoms with van der Waals surface area (Å²) in [4.78, 5) is 134. The number of hydrogen-bond acceptors (Lipinski definition) is 9. The van der Waals surface area contributed by atoms with Crippen molar-refractivity contribution < 1.29 is 43.2 Å². The first-order valence-electron chi connectivity index (χ1n) is 34.5. The Morgan fingerprint density at radius 3 is 0.740 bits per heavy atom. The van der Waals surface area contributed by atoms with Gasteiger partial charge in [-0.05, 0) is 177 Å². The van der Waals surface area contributed by atoms with E-state index in [0.717, 1.165) is 54.3 Å². The van der Waals surface area contributed by atoms with Crippen molar-refractivity contribution in [2.45, 2.75) is 64.2 Å². The van der Waals surface area contributed by atoms with Crippen LogP contribution in [0.2, 0.25) is 0 Å². The Morgan fingerprint density at radius 2 is 0.490 bits per heavy atom. The summed E-state index contributed by atoms with van der Waals surface area (Å²) in [5.41, 5.74) is 10.2. The molecule has 2 aliphatic carbocycles. The van der Waals surface area contributed by atoms with Crippen LogP contribution in [0.5, 0.6) is 0 Å². The molecular weight excluding hydrogens is 1240 g/mol. The molecule has 6 aliphatic rings. The zero-order chi connectivity index (χ0) is 68.9. The van der Waals surface area contributed by atoms with E-state index < -0.39 is 53.1 Å². The molecule has 0 spiro atoms. The normalized spacial score (nSPS) is 24.6. The first kappa shape index (κ1) is 63.2. The average molecular weight is 1320 g/mol. The largest absolute Gasteiger partial charge is 0.289 e. The second-order valence-corrected chi connectivity index (χ2v) is 28.1. The van der Waals surface area contributed by atoms with E-state index in [4.69, 9.17) is 0 Å². The number of nitrogens with zero attached hydrogens (tertiary/aromatic N) is 4. The Bertz CT molecular complexity index is 4530. The molecule has 2 saturated heterocycles. The lowest BCUT2D eigenvalue weighted by Crippen LogP contribution is -2.43. The molecule has 8 amide bonds. The van der Waals surface area contributed by atoms with Crippen LogP contribution in [0.3, 0.4) is 0 Å². The van der Waals surface area contributed by atoms with Crippen molar-refractivity contribution in [2.75, 3.05) is 19.6 Å². The van der Waals surface area contributed by atoms with Crippen LogP contribution in [0.1, 0.15) is 153 Å². The second kappa shape index (κ2) is 25.1. The molecule has 12 atom stereocenters. The number of hydrogen-bond donors (Lipinski definition) is 0. The summed E-state index contributed by atoms with van der Waals surface area (Å²) >= 11 is 0. The SMILES string of the molecule is CC1C(C)C(c2ccccc2)C2C(=O)N(c3ccc(Cc4ccc(N5C(=O)c6ccc(C(=O)c7ccc8c(c7)C(=O)N(c7ccc(Cc9ccc(N%10C(=O)C%11C(C%10=O)C(c%10ccccc%10)C(C)C(C)C%11c%10ccccc%10)cc9)cc7)C8=O)cc6C5=O)cc4)cc3)C(=O)C2C1c1ccccc1. The highest BCUT2D eigenvalue weighted by Crippen LogP contribution is 2.60. The molecule has 492 valence electrons. The maximum atomic E-state index is 14.7. The smallest absolute Gasteiger partial charge is 0.266 e. The van der Waals surface area contributed by atoms with Gasteiger partial charge in [0.15, 0.2) is 5.78 Å². The molecule has 16 rings (SSSR count). The topological polar surface area (TPSA) is 167 Å². The predicted molar refractivity (Wildman–Crippen MR) is 382 cm³/mol. The molecule has 4 fully saturated rings. The number of ketones is 1. The fourth-order valence-corrected chi connectivity index (χ4v) is 17.7. The van der Waals surface area contributed by atoms with Gasteiger partial charge in [0.1, 0.15) is 0 Å². The van der Waals surface area contributed by atoms with Crippen molar-refractivity contribution in [3.8, 4) is 0 Å². The molecule has 10 aromatic carbocycles. The number of anilines is 4. The maximum Gasteiger partial charge on any atom is 0.266 e. The zero-order valence-electron chi connectivity index (χ0n) is 55.6. The van der Waals surface area contributed by atoms with Crippen LogP contribution in [0, 0.1) is 47.3 Å². The average Bonchev–Trinajstić information content (AvgIpc) is 1.55. The Labute approximate surface area is 579 Å². The third-order valence-electron chi connectivity index (χ3n) is 22.9. The molecule has 12 unspecified atom stereocenters. The lowest BCUT2D eigenvalue weighted by molar-refractivity contribution is -0.124. The molecule has 4 heterocycles. The summed E-state index contributed by atoms with van der Waals surface area (Å²) < 4.78 is 0. The van der Waals surface area contributed by atoms with E-state index >= 15 is 0 Å². The van der Waals surface area contributed by atoms with Crippen LogP contribution in [0.15, 0.2) is 255 Å². The van der Waals surface area contributed by atoms with Gasteiger partial charge in [-0.1, -0.05) is 210 Å². The van der Waals surface area contributed by atoms with Gasteiger partial charge in [0.25, 0.3) is 23.6 Å². The van der Waals surface area contributed by atoms with Crippen LogP contribution in [0.25, 0.3) is 0 Å². The highest BCUT2D eigenvalue weighted by molar-refractivity contribution is 6.36. The number of imide groups is 4. The zero-order valence-corrected chi connectivity index (χ0v) is 55.6. The number of carbonyl (C=O) groups excluding carboxylic acids is 9. The number of fused-ring (bicyclic) bond motifs is 4. The Morgan fingerprint density at radius 1 is 0.260 bits per heavy atom. The van der Waals surface area contributed by atoms with Crippen LogP contribution >= 0.6 is 0 Å². The predicted octanol–water partition coefficient (Wildman–Crippen LogP) is 15.6. The molecule has 0 bridgehead atoms. The molecule has 2 saturated carbocycles. The molecule has 13 heteroatoms. The minimum Gasteiger partial charge on any atom is -0.289 e. The summed E-state index contributed by atoms with van der Waals surface area (Å²) in [6.07, 6.45) is 0.971. The van der Waals surface area contributed by atoms with Gasteiger partial charge in [0, 0.05) is 11.1 Å². The van der Waals surface area contributed by atoms with Gasteiger partial charge in [0.05, 0.1) is 68.7 Å². The minimum atomic E-state index is -0.600. The van der Waals surface area contributed by atoms with E-state index in [0.29, 0.717) is 35.6 Å². The van der Waals surface area contributed by atoms with Crippen LogP contribution in [-0.4, -0.2) is 53.0 Å².